The van der Waals surface area contributed by atoms with E-state index in [9.17, 15) is 14.4 Å². The SMILES string of the molecule is Cc1ccc(N2C(=O)NC(=O)/C(=C/c3ccc(N4CCCCCC4)cc3)C2=O)c(C)c1. The molecule has 0 saturated carbocycles. The van der Waals surface area contributed by atoms with Crippen LogP contribution in [-0.2, 0) is 9.59 Å². The van der Waals surface area contributed by atoms with Gasteiger partial charge in [-0.1, -0.05) is 42.7 Å². The second-order valence-corrected chi connectivity index (χ2v) is 8.24. The summed E-state index contributed by atoms with van der Waals surface area (Å²) in [5, 5.41) is 2.29. The molecule has 6 heteroatoms. The second kappa shape index (κ2) is 8.76. The largest absolute Gasteiger partial charge is 0.372 e. The minimum Gasteiger partial charge on any atom is -0.372 e. The number of urea groups is 1. The van der Waals surface area contributed by atoms with Crippen molar-refractivity contribution in [3.63, 3.8) is 0 Å². The zero-order valence-corrected chi connectivity index (χ0v) is 18.0. The first-order valence-electron chi connectivity index (χ1n) is 10.8. The van der Waals surface area contributed by atoms with Crippen LogP contribution < -0.4 is 15.1 Å². The Morgan fingerprint density at radius 2 is 1.55 bits per heavy atom. The van der Waals surface area contributed by atoms with E-state index < -0.39 is 17.8 Å². The van der Waals surface area contributed by atoms with E-state index in [-0.39, 0.29) is 5.57 Å². The fourth-order valence-corrected chi connectivity index (χ4v) is 4.21. The van der Waals surface area contributed by atoms with Crippen LogP contribution >= 0.6 is 0 Å². The van der Waals surface area contributed by atoms with E-state index in [1.54, 1.807) is 12.1 Å². The van der Waals surface area contributed by atoms with Crippen molar-refractivity contribution in [2.45, 2.75) is 39.5 Å². The molecule has 2 fully saturated rings. The van der Waals surface area contributed by atoms with Gasteiger partial charge in [-0.2, -0.15) is 0 Å². The first-order valence-corrected chi connectivity index (χ1v) is 10.8. The zero-order valence-electron chi connectivity index (χ0n) is 18.0. The maximum atomic E-state index is 13.1. The van der Waals surface area contributed by atoms with Crippen LogP contribution in [0.3, 0.4) is 0 Å². The quantitative estimate of drug-likeness (QED) is 0.595. The van der Waals surface area contributed by atoms with Crippen LogP contribution in [0.25, 0.3) is 6.08 Å². The minimum absolute atomic E-state index is 0.0536. The van der Waals surface area contributed by atoms with E-state index in [0.29, 0.717) is 5.69 Å². The fourth-order valence-electron chi connectivity index (χ4n) is 4.21. The Labute approximate surface area is 182 Å². The number of carbonyl (C=O) groups excluding carboxylic acids is 3. The Balaban J connectivity index is 1.61. The van der Waals surface area contributed by atoms with Crippen molar-refractivity contribution in [3.05, 3.63) is 64.7 Å². The van der Waals surface area contributed by atoms with Gasteiger partial charge < -0.3 is 4.90 Å². The lowest BCUT2D eigenvalue weighted by Crippen LogP contribution is -2.54. The molecule has 0 aromatic heterocycles. The van der Waals surface area contributed by atoms with Crippen molar-refractivity contribution in [2.75, 3.05) is 22.9 Å². The second-order valence-electron chi connectivity index (χ2n) is 8.24. The molecule has 2 heterocycles. The molecule has 0 bridgehead atoms. The number of carbonyl (C=O) groups is 3. The first kappa shape index (κ1) is 20.8. The molecule has 160 valence electrons. The molecule has 0 unspecified atom stereocenters. The topological polar surface area (TPSA) is 69.7 Å². The predicted molar refractivity (Wildman–Crippen MR) is 122 cm³/mol. The van der Waals surface area contributed by atoms with Crippen molar-refractivity contribution >= 4 is 35.3 Å². The molecule has 0 radical (unpaired) electrons. The molecular weight excluding hydrogens is 390 g/mol. The maximum absolute atomic E-state index is 13.1. The Bertz CT molecular complexity index is 1050. The Morgan fingerprint density at radius 1 is 0.871 bits per heavy atom. The van der Waals surface area contributed by atoms with Crippen LogP contribution in [0.4, 0.5) is 16.2 Å². The molecule has 2 aliphatic rings. The normalized spacial score (nSPS) is 18.9. The van der Waals surface area contributed by atoms with Gasteiger partial charge in [-0.05, 0) is 62.1 Å². The minimum atomic E-state index is -0.726. The summed E-state index contributed by atoms with van der Waals surface area (Å²) >= 11 is 0. The summed E-state index contributed by atoms with van der Waals surface area (Å²) in [6.45, 7) is 5.88. The number of amides is 4. The van der Waals surface area contributed by atoms with E-state index in [2.05, 4.69) is 10.2 Å². The number of barbiturate groups is 1. The van der Waals surface area contributed by atoms with Crippen molar-refractivity contribution in [1.82, 2.24) is 5.32 Å². The van der Waals surface area contributed by atoms with Crippen molar-refractivity contribution in [1.29, 1.82) is 0 Å². The highest BCUT2D eigenvalue weighted by atomic mass is 16.2. The third-order valence-electron chi connectivity index (χ3n) is 5.87. The molecule has 2 aromatic carbocycles. The highest BCUT2D eigenvalue weighted by Gasteiger charge is 2.37. The van der Waals surface area contributed by atoms with Crippen LogP contribution in [-0.4, -0.2) is 30.9 Å². The van der Waals surface area contributed by atoms with Gasteiger partial charge >= 0.3 is 6.03 Å². The molecule has 2 aliphatic heterocycles. The molecule has 2 saturated heterocycles. The molecule has 1 N–H and O–H groups in total. The summed E-state index contributed by atoms with van der Waals surface area (Å²) in [5.74, 6) is -1.29. The molecule has 6 nitrogen and oxygen atoms in total. The molecule has 0 spiro atoms. The standard InChI is InChI=1S/C25H27N3O3/c1-17-7-12-22(18(2)15-17)28-24(30)21(23(29)26-25(28)31)16-19-8-10-20(11-9-19)27-13-5-3-4-6-14-27/h7-12,15-16H,3-6,13-14H2,1-2H3,(H,26,29,31)/b21-16-. The lowest BCUT2D eigenvalue weighted by Gasteiger charge is -2.27. The smallest absolute Gasteiger partial charge is 0.335 e. The van der Waals surface area contributed by atoms with Crippen LogP contribution in [0.15, 0.2) is 48.0 Å². The summed E-state index contributed by atoms with van der Waals surface area (Å²) < 4.78 is 0. The van der Waals surface area contributed by atoms with Gasteiger partial charge in [0.15, 0.2) is 0 Å². The Morgan fingerprint density at radius 3 is 2.19 bits per heavy atom. The average Bonchev–Trinajstić information content (AvgIpc) is 3.02. The fraction of sp³-hybridized carbons (Fsp3) is 0.320. The van der Waals surface area contributed by atoms with Gasteiger partial charge in [0.2, 0.25) is 0 Å². The molecular formula is C25H27N3O3. The van der Waals surface area contributed by atoms with Gasteiger partial charge in [-0.25, -0.2) is 9.69 Å². The van der Waals surface area contributed by atoms with Gasteiger partial charge in [0, 0.05) is 18.8 Å². The maximum Gasteiger partial charge on any atom is 0.335 e. The van der Waals surface area contributed by atoms with Gasteiger partial charge in [-0.15, -0.1) is 0 Å². The van der Waals surface area contributed by atoms with Crippen LogP contribution in [0, 0.1) is 13.8 Å². The summed E-state index contributed by atoms with van der Waals surface area (Å²) in [5.41, 5.74) is 4.13. The monoisotopic (exact) mass is 417 g/mol. The summed E-state index contributed by atoms with van der Waals surface area (Å²) in [6.07, 6.45) is 6.49. The number of hydrogen-bond donors (Lipinski definition) is 1. The summed E-state index contributed by atoms with van der Waals surface area (Å²) in [7, 11) is 0. The van der Waals surface area contributed by atoms with Gasteiger partial charge in [0.25, 0.3) is 11.8 Å². The van der Waals surface area contributed by atoms with Crippen molar-refractivity contribution in [2.24, 2.45) is 0 Å². The predicted octanol–water partition coefficient (Wildman–Crippen LogP) is 4.35. The van der Waals surface area contributed by atoms with E-state index in [1.165, 1.54) is 25.7 Å². The number of anilines is 2. The Hall–Kier alpha value is -3.41. The number of rotatable bonds is 3. The van der Waals surface area contributed by atoms with E-state index in [4.69, 9.17) is 0 Å². The van der Waals surface area contributed by atoms with Crippen LogP contribution in [0.2, 0.25) is 0 Å². The molecule has 4 rings (SSSR count). The molecule has 2 aromatic rings. The first-order chi connectivity index (χ1) is 14.9. The highest BCUT2D eigenvalue weighted by Crippen LogP contribution is 2.26. The molecule has 0 aliphatic carbocycles. The van der Waals surface area contributed by atoms with Gasteiger partial charge in [0.1, 0.15) is 5.57 Å². The summed E-state index contributed by atoms with van der Waals surface area (Å²) in [6, 6.07) is 12.6. The number of nitrogens with zero attached hydrogens (tertiary/aromatic N) is 2. The van der Waals surface area contributed by atoms with E-state index in [1.807, 2.05) is 50.2 Å². The Kier molecular flexibility index (Phi) is 5.89. The molecule has 31 heavy (non-hydrogen) atoms. The number of nitrogens with one attached hydrogen (secondary N) is 1. The lowest BCUT2D eigenvalue weighted by molar-refractivity contribution is -0.122. The highest BCUT2D eigenvalue weighted by molar-refractivity contribution is 6.39. The van der Waals surface area contributed by atoms with Crippen molar-refractivity contribution in [3.8, 4) is 0 Å². The van der Waals surface area contributed by atoms with E-state index >= 15 is 0 Å². The third-order valence-corrected chi connectivity index (χ3v) is 5.87. The zero-order chi connectivity index (χ0) is 22.0. The van der Waals surface area contributed by atoms with Gasteiger partial charge in [-0.3, -0.25) is 14.9 Å². The van der Waals surface area contributed by atoms with E-state index in [0.717, 1.165) is 40.4 Å². The number of imide groups is 2. The van der Waals surface area contributed by atoms with Gasteiger partial charge in [0.05, 0.1) is 5.69 Å². The molecule has 0 atom stereocenters. The third kappa shape index (κ3) is 4.38. The number of hydrogen-bond acceptors (Lipinski definition) is 4. The number of benzene rings is 2. The van der Waals surface area contributed by atoms with Crippen LogP contribution in [0.1, 0.15) is 42.4 Å². The lowest BCUT2D eigenvalue weighted by atomic mass is 10.0. The average molecular weight is 418 g/mol. The molecule has 4 amide bonds. The number of aryl methyl sites for hydroxylation is 2. The van der Waals surface area contributed by atoms with Crippen LogP contribution in [0.5, 0.6) is 0 Å². The van der Waals surface area contributed by atoms with Crippen molar-refractivity contribution < 1.29 is 14.4 Å². The summed E-state index contributed by atoms with van der Waals surface area (Å²) in [4.78, 5) is 41.4.